The van der Waals surface area contributed by atoms with Crippen molar-refractivity contribution in [3.8, 4) is 11.5 Å². The monoisotopic (exact) mass is 246 g/mol. The summed E-state index contributed by atoms with van der Waals surface area (Å²) >= 11 is 0. The average Bonchev–Trinajstić information content (AvgIpc) is 2.37. The Hall–Kier alpha value is -2.23. The van der Waals surface area contributed by atoms with Crippen LogP contribution in [0.3, 0.4) is 0 Å². The smallest absolute Gasteiger partial charge is 0.307 e. The number of fused-ring (bicyclic) bond motifs is 1. The van der Waals surface area contributed by atoms with E-state index in [1.807, 2.05) is 24.3 Å². The fourth-order valence-electron chi connectivity index (χ4n) is 2.07. The number of hydrogen-bond acceptors (Lipinski definition) is 3. The van der Waals surface area contributed by atoms with Crippen LogP contribution in [0, 0.1) is 0 Å². The lowest BCUT2D eigenvalue weighted by atomic mass is 10.0. The zero-order chi connectivity index (χ0) is 13.1. The first-order valence-corrected chi connectivity index (χ1v) is 5.51. The fraction of sp³-hybridized carbons (Fsp3) is 0.214. The molecule has 0 atom stereocenters. The minimum Gasteiger partial charge on any atom is -0.493 e. The summed E-state index contributed by atoms with van der Waals surface area (Å²) in [6, 6.07) is 9.25. The molecule has 0 aromatic heterocycles. The van der Waals surface area contributed by atoms with Gasteiger partial charge in [-0.3, -0.25) is 4.79 Å². The summed E-state index contributed by atoms with van der Waals surface area (Å²) in [5, 5.41) is 10.7. The van der Waals surface area contributed by atoms with E-state index < -0.39 is 5.97 Å². The Morgan fingerprint density at radius 2 is 1.83 bits per heavy atom. The van der Waals surface area contributed by atoms with Crippen molar-refractivity contribution in [2.75, 3.05) is 14.2 Å². The van der Waals surface area contributed by atoms with Crippen molar-refractivity contribution in [3.63, 3.8) is 0 Å². The van der Waals surface area contributed by atoms with Crippen LogP contribution >= 0.6 is 0 Å². The van der Waals surface area contributed by atoms with Gasteiger partial charge in [-0.1, -0.05) is 24.3 Å². The fourth-order valence-corrected chi connectivity index (χ4v) is 2.07. The predicted molar refractivity (Wildman–Crippen MR) is 68.4 cm³/mol. The van der Waals surface area contributed by atoms with Crippen molar-refractivity contribution < 1.29 is 19.4 Å². The molecule has 0 aliphatic carbocycles. The zero-order valence-corrected chi connectivity index (χ0v) is 10.3. The summed E-state index contributed by atoms with van der Waals surface area (Å²) in [7, 11) is 3.11. The van der Waals surface area contributed by atoms with Crippen LogP contribution in [-0.4, -0.2) is 25.3 Å². The van der Waals surface area contributed by atoms with Crippen molar-refractivity contribution in [3.05, 3.63) is 35.9 Å². The molecule has 0 fully saturated rings. The van der Waals surface area contributed by atoms with Gasteiger partial charge >= 0.3 is 5.97 Å². The third-order valence-corrected chi connectivity index (χ3v) is 2.81. The molecule has 2 aromatic rings. The molecule has 0 bridgehead atoms. The van der Waals surface area contributed by atoms with E-state index in [2.05, 4.69) is 0 Å². The molecule has 18 heavy (non-hydrogen) atoms. The first kappa shape index (κ1) is 12.2. The Labute approximate surface area is 105 Å². The van der Waals surface area contributed by atoms with Gasteiger partial charge in [0.1, 0.15) is 0 Å². The third kappa shape index (κ3) is 2.09. The van der Waals surface area contributed by atoms with Crippen LogP contribution in [0.4, 0.5) is 0 Å². The van der Waals surface area contributed by atoms with Crippen LogP contribution in [0.5, 0.6) is 11.5 Å². The Bertz CT molecular complexity index is 590. The molecule has 4 nitrogen and oxygen atoms in total. The highest BCUT2D eigenvalue weighted by Crippen LogP contribution is 2.37. The van der Waals surface area contributed by atoms with Gasteiger partial charge in [-0.05, 0) is 17.0 Å². The van der Waals surface area contributed by atoms with Gasteiger partial charge in [0, 0.05) is 5.39 Å². The molecule has 0 heterocycles. The van der Waals surface area contributed by atoms with Crippen LogP contribution in [-0.2, 0) is 11.2 Å². The number of benzene rings is 2. The average molecular weight is 246 g/mol. The number of carboxylic acids is 1. The normalized spacial score (nSPS) is 10.3. The molecule has 0 spiro atoms. The van der Waals surface area contributed by atoms with Crippen LogP contribution < -0.4 is 9.47 Å². The molecule has 0 saturated heterocycles. The largest absolute Gasteiger partial charge is 0.493 e. The van der Waals surface area contributed by atoms with E-state index in [4.69, 9.17) is 14.6 Å². The summed E-state index contributed by atoms with van der Waals surface area (Å²) in [5.74, 6) is 0.307. The maximum absolute atomic E-state index is 10.9. The Kier molecular flexibility index (Phi) is 3.37. The maximum Gasteiger partial charge on any atom is 0.307 e. The van der Waals surface area contributed by atoms with Gasteiger partial charge in [0.2, 0.25) is 0 Å². The van der Waals surface area contributed by atoms with Crippen LogP contribution in [0.15, 0.2) is 30.3 Å². The molecule has 0 amide bonds. The molecule has 1 N–H and O–H groups in total. The maximum atomic E-state index is 10.9. The van der Waals surface area contributed by atoms with E-state index in [0.29, 0.717) is 11.5 Å². The van der Waals surface area contributed by atoms with Crippen molar-refractivity contribution >= 4 is 16.7 Å². The lowest BCUT2D eigenvalue weighted by molar-refractivity contribution is -0.136. The third-order valence-electron chi connectivity index (χ3n) is 2.81. The summed E-state index contributed by atoms with van der Waals surface area (Å²) < 4.78 is 10.6. The van der Waals surface area contributed by atoms with Crippen molar-refractivity contribution in [2.45, 2.75) is 6.42 Å². The number of methoxy groups -OCH3 is 2. The molecular formula is C14H14O4. The van der Waals surface area contributed by atoms with E-state index in [1.54, 1.807) is 13.2 Å². The second-order valence-corrected chi connectivity index (χ2v) is 3.89. The predicted octanol–water partition coefficient (Wildman–Crippen LogP) is 2.48. The molecule has 0 radical (unpaired) electrons. The molecular weight excluding hydrogens is 232 g/mol. The zero-order valence-electron chi connectivity index (χ0n) is 10.3. The van der Waals surface area contributed by atoms with Gasteiger partial charge in [0.15, 0.2) is 11.5 Å². The number of hydrogen-bond donors (Lipinski definition) is 1. The highest BCUT2D eigenvalue weighted by molar-refractivity contribution is 5.95. The molecule has 4 heteroatoms. The minimum absolute atomic E-state index is 0.0408. The van der Waals surface area contributed by atoms with E-state index >= 15 is 0 Å². The quantitative estimate of drug-likeness (QED) is 0.900. The van der Waals surface area contributed by atoms with Gasteiger partial charge in [0.05, 0.1) is 20.6 Å². The molecule has 0 saturated carbocycles. The number of carboxylic acid groups (broad SMARTS) is 1. The van der Waals surface area contributed by atoms with Crippen LogP contribution in [0.1, 0.15) is 5.56 Å². The Balaban J connectivity index is 2.75. The first-order valence-electron chi connectivity index (χ1n) is 5.51. The molecule has 2 rings (SSSR count). The first-order chi connectivity index (χ1) is 8.67. The molecule has 94 valence electrons. The van der Waals surface area contributed by atoms with Crippen molar-refractivity contribution in [1.82, 2.24) is 0 Å². The molecule has 0 aliphatic heterocycles. The second kappa shape index (κ2) is 4.96. The summed E-state index contributed by atoms with van der Waals surface area (Å²) in [4.78, 5) is 10.9. The number of carbonyl (C=O) groups is 1. The van der Waals surface area contributed by atoms with Gasteiger partial charge in [-0.25, -0.2) is 0 Å². The minimum atomic E-state index is -0.868. The van der Waals surface area contributed by atoms with E-state index in [9.17, 15) is 4.79 Å². The Morgan fingerprint density at radius 1 is 1.17 bits per heavy atom. The lowest BCUT2D eigenvalue weighted by Crippen LogP contribution is -2.02. The number of aliphatic carboxylic acids is 1. The molecule has 0 unspecified atom stereocenters. The van der Waals surface area contributed by atoms with E-state index in [1.165, 1.54) is 7.11 Å². The highest BCUT2D eigenvalue weighted by Gasteiger charge is 2.14. The lowest BCUT2D eigenvalue weighted by Gasteiger charge is -2.13. The SMILES string of the molecule is COc1cc(CC(=O)O)c2ccccc2c1OC. The Morgan fingerprint density at radius 3 is 2.39 bits per heavy atom. The highest BCUT2D eigenvalue weighted by atomic mass is 16.5. The summed E-state index contributed by atoms with van der Waals surface area (Å²) in [6.07, 6.45) is -0.0408. The van der Waals surface area contributed by atoms with Gasteiger partial charge in [-0.15, -0.1) is 0 Å². The van der Waals surface area contributed by atoms with E-state index in [0.717, 1.165) is 16.3 Å². The van der Waals surface area contributed by atoms with Gasteiger partial charge in [-0.2, -0.15) is 0 Å². The molecule has 0 aliphatic rings. The second-order valence-electron chi connectivity index (χ2n) is 3.89. The number of ether oxygens (including phenoxy) is 2. The van der Waals surface area contributed by atoms with Crippen LogP contribution in [0.2, 0.25) is 0 Å². The van der Waals surface area contributed by atoms with Crippen molar-refractivity contribution in [2.24, 2.45) is 0 Å². The van der Waals surface area contributed by atoms with Crippen LogP contribution in [0.25, 0.3) is 10.8 Å². The molecule has 2 aromatic carbocycles. The van der Waals surface area contributed by atoms with Gasteiger partial charge < -0.3 is 14.6 Å². The standard InChI is InChI=1S/C14H14O4/c1-17-12-7-9(8-13(15)16)10-5-3-4-6-11(10)14(12)18-2/h3-7H,8H2,1-2H3,(H,15,16). The van der Waals surface area contributed by atoms with E-state index in [-0.39, 0.29) is 6.42 Å². The summed E-state index contributed by atoms with van der Waals surface area (Å²) in [6.45, 7) is 0. The van der Waals surface area contributed by atoms with Gasteiger partial charge in [0.25, 0.3) is 0 Å². The summed E-state index contributed by atoms with van der Waals surface area (Å²) in [5.41, 5.74) is 0.718. The van der Waals surface area contributed by atoms with Crippen molar-refractivity contribution in [1.29, 1.82) is 0 Å². The topological polar surface area (TPSA) is 55.8 Å². The number of rotatable bonds is 4.